The lowest BCUT2D eigenvalue weighted by molar-refractivity contribution is 0.577. The first-order valence-electron chi connectivity index (χ1n) is 2.75. The van der Waals surface area contributed by atoms with Crippen molar-refractivity contribution in [1.82, 2.24) is 4.98 Å². The van der Waals surface area contributed by atoms with E-state index >= 15 is 0 Å². The summed E-state index contributed by atoms with van der Waals surface area (Å²) in [5.74, 6) is -0.662. The van der Waals surface area contributed by atoms with Gasteiger partial charge in [-0.1, -0.05) is 11.6 Å². The first-order valence-corrected chi connectivity index (χ1v) is 3.13. The van der Waals surface area contributed by atoms with Crippen molar-refractivity contribution in [2.75, 3.05) is 0 Å². The van der Waals surface area contributed by atoms with Crippen LogP contribution in [0.5, 0.6) is 0 Å². The summed E-state index contributed by atoms with van der Waals surface area (Å²) in [6.45, 7) is 0.230. The molecule has 0 aliphatic rings. The van der Waals surface area contributed by atoms with Crippen LogP contribution < -0.4 is 5.73 Å². The fourth-order valence-corrected chi connectivity index (χ4v) is 0.674. The number of nitrogens with zero attached hydrogens (tertiary/aromatic N) is 1. The van der Waals surface area contributed by atoms with Gasteiger partial charge in [0.2, 0.25) is 5.95 Å². The third-order valence-electron chi connectivity index (χ3n) is 1.07. The molecule has 1 rings (SSSR count). The normalized spacial score (nSPS) is 9.00. The summed E-state index contributed by atoms with van der Waals surface area (Å²) in [6, 6.07) is 3.03. The average Bonchev–Trinajstić information content (AvgIpc) is 1.95. The Balaban J connectivity index is 0.000001000. The van der Waals surface area contributed by atoms with E-state index in [-0.39, 0.29) is 24.0 Å². The lowest BCUT2D eigenvalue weighted by atomic mass is 10.3. The third-order valence-corrected chi connectivity index (χ3v) is 1.35. The highest BCUT2D eigenvalue weighted by Crippen LogP contribution is 2.11. The van der Waals surface area contributed by atoms with Gasteiger partial charge in [0.1, 0.15) is 0 Å². The van der Waals surface area contributed by atoms with E-state index in [1.807, 2.05) is 0 Å². The highest BCUT2D eigenvalue weighted by atomic mass is 35.5. The Labute approximate surface area is 75.0 Å². The Morgan fingerprint density at radius 2 is 2.18 bits per heavy atom. The van der Waals surface area contributed by atoms with Crippen LogP contribution in [0.2, 0.25) is 5.02 Å². The molecule has 62 valence electrons. The summed E-state index contributed by atoms with van der Waals surface area (Å²) in [4.78, 5) is 3.47. The molecule has 0 atom stereocenters. The van der Waals surface area contributed by atoms with Crippen LogP contribution in [0.3, 0.4) is 0 Å². The third kappa shape index (κ3) is 2.61. The van der Waals surface area contributed by atoms with E-state index in [1.54, 1.807) is 6.07 Å². The van der Waals surface area contributed by atoms with Crippen molar-refractivity contribution in [3.63, 3.8) is 0 Å². The number of rotatable bonds is 1. The zero-order chi connectivity index (χ0) is 7.56. The molecule has 2 N–H and O–H groups in total. The zero-order valence-electron chi connectivity index (χ0n) is 5.55. The van der Waals surface area contributed by atoms with E-state index in [0.717, 1.165) is 0 Å². The van der Waals surface area contributed by atoms with E-state index < -0.39 is 5.95 Å². The van der Waals surface area contributed by atoms with Crippen LogP contribution in [0.25, 0.3) is 0 Å². The molecule has 0 saturated heterocycles. The number of nitrogens with two attached hydrogens (primary N) is 1. The quantitative estimate of drug-likeness (QED) is 0.696. The maximum Gasteiger partial charge on any atom is 0.231 e. The van der Waals surface area contributed by atoms with Crippen LogP contribution in [-0.2, 0) is 6.54 Å². The Morgan fingerprint density at radius 3 is 2.64 bits per heavy atom. The molecule has 0 aliphatic heterocycles. The molecule has 1 aromatic heterocycles. The highest BCUT2D eigenvalue weighted by molar-refractivity contribution is 6.30. The van der Waals surface area contributed by atoms with Crippen molar-refractivity contribution >= 4 is 24.0 Å². The molecule has 0 fully saturated rings. The largest absolute Gasteiger partial charge is 0.325 e. The minimum absolute atomic E-state index is 0. The summed E-state index contributed by atoms with van der Waals surface area (Å²) in [5.41, 5.74) is 5.70. The first-order chi connectivity index (χ1) is 4.74. The minimum Gasteiger partial charge on any atom is -0.325 e. The van der Waals surface area contributed by atoms with Gasteiger partial charge in [-0.25, -0.2) is 4.98 Å². The van der Waals surface area contributed by atoms with Gasteiger partial charge in [-0.2, -0.15) is 4.39 Å². The standard InChI is InChI=1S/C6H6ClFN2.ClH/c7-5-2-1-4(3-9)10-6(5)8;/h1-2H,3,9H2;1H. The van der Waals surface area contributed by atoms with Gasteiger partial charge in [0.25, 0.3) is 0 Å². The van der Waals surface area contributed by atoms with Crippen LogP contribution in [0, 0.1) is 5.95 Å². The molecular formula is C6H7Cl2FN2. The van der Waals surface area contributed by atoms with Crippen LogP contribution in [-0.4, -0.2) is 4.98 Å². The van der Waals surface area contributed by atoms with Gasteiger partial charge in [-0.05, 0) is 12.1 Å². The molecular weight excluding hydrogens is 190 g/mol. The van der Waals surface area contributed by atoms with Crippen LogP contribution in [0.4, 0.5) is 4.39 Å². The van der Waals surface area contributed by atoms with Crippen molar-refractivity contribution in [1.29, 1.82) is 0 Å². The van der Waals surface area contributed by atoms with Crippen molar-refractivity contribution in [3.05, 3.63) is 28.8 Å². The Bertz CT molecular complexity index is 242. The van der Waals surface area contributed by atoms with Gasteiger partial charge < -0.3 is 5.73 Å². The second-order valence-electron chi connectivity index (χ2n) is 1.78. The number of aromatic nitrogens is 1. The van der Waals surface area contributed by atoms with Gasteiger partial charge in [0.05, 0.1) is 10.7 Å². The number of hydrogen-bond acceptors (Lipinski definition) is 2. The van der Waals surface area contributed by atoms with Gasteiger partial charge in [0, 0.05) is 6.54 Å². The summed E-state index contributed by atoms with van der Waals surface area (Å²) in [6.07, 6.45) is 0. The highest BCUT2D eigenvalue weighted by Gasteiger charge is 1.99. The van der Waals surface area contributed by atoms with Crippen LogP contribution in [0.1, 0.15) is 5.69 Å². The number of halogens is 3. The monoisotopic (exact) mass is 196 g/mol. The van der Waals surface area contributed by atoms with Crippen molar-refractivity contribution in [2.45, 2.75) is 6.54 Å². The second kappa shape index (κ2) is 4.49. The molecule has 0 unspecified atom stereocenters. The summed E-state index contributed by atoms with van der Waals surface area (Å²) >= 11 is 5.36. The van der Waals surface area contributed by atoms with Gasteiger partial charge >= 0.3 is 0 Å². The van der Waals surface area contributed by atoms with Crippen molar-refractivity contribution < 1.29 is 4.39 Å². The van der Waals surface area contributed by atoms with Crippen molar-refractivity contribution in [3.8, 4) is 0 Å². The second-order valence-corrected chi connectivity index (χ2v) is 2.19. The summed E-state index contributed by atoms with van der Waals surface area (Å²) in [5, 5.41) is 0.0252. The average molecular weight is 197 g/mol. The van der Waals surface area contributed by atoms with E-state index in [1.165, 1.54) is 6.07 Å². The zero-order valence-corrected chi connectivity index (χ0v) is 7.12. The Kier molecular flexibility index (Phi) is 4.33. The molecule has 0 aromatic carbocycles. The minimum atomic E-state index is -0.662. The van der Waals surface area contributed by atoms with Gasteiger partial charge in [-0.3, -0.25) is 0 Å². The van der Waals surface area contributed by atoms with E-state index in [2.05, 4.69) is 4.98 Å². The molecule has 2 nitrogen and oxygen atoms in total. The molecule has 0 spiro atoms. The van der Waals surface area contributed by atoms with Gasteiger partial charge in [-0.15, -0.1) is 12.4 Å². The molecule has 0 amide bonds. The van der Waals surface area contributed by atoms with Gasteiger partial charge in [0.15, 0.2) is 0 Å². The molecule has 1 aromatic rings. The molecule has 0 saturated carbocycles. The number of pyridine rings is 1. The maximum absolute atomic E-state index is 12.5. The molecule has 1 heterocycles. The van der Waals surface area contributed by atoms with Crippen molar-refractivity contribution in [2.24, 2.45) is 5.73 Å². The summed E-state index contributed by atoms with van der Waals surface area (Å²) < 4.78 is 12.5. The van der Waals surface area contributed by atoms with Crippen LogP contribution >= 0.6 is 24.0 Å². The summed E-state index contributed by atoms with van der Waals surface area (Å²) in [7, 11) is 0. The molecule has 11 heavy (non-hydrogen) atoms. The fourth-order valence-electron chi connectivity index (χ4n) is 0.569. The topological polar surface area (TPSA) is 38.9 Å². The Morgan fingerprint density at radius 1 is 1.55 bits per heavy atom. The maximum atomic E-state index is 12.5. The first kappa shape index (κ1) is 10.6. The Hall–Kier alpha value is -0.380. The molecule has 0 bridgehead atoms. The van der Waals surface area contributed by atoms with E-state index in [9.17, 15) is 4.39 Å². The predicted molar refractivity (Wildman–Crippen MR) is 44.3 cm³/mol. The smallest absolute Gasteiger partial charge is 0.231 e. The lowest BCUT2D eigenvalue weighted by Crippen LogP contribution is -2.00. The lowest BCUT2D eigenvalue weighted by Gasteiger charge is -1.95. The fraction of sp³-hybridized carbons (Fsp3) is 0.167. The van der Waals surface area contributed by atoms with E-state index in [0.29, 0.717) is 5.69 Å². The molecule has 0 radical (unpaired) electrons. The molecule has 5 heteroatoms. The van der Waals surface area contributed by atoms with Crippen LogP contribution in [0.15, 0.2) is 12.1 Å². The number of hydrogen-bond donors (Lipinski definition) is 1. The SMILES string of the molecule is Cl.NCc1ccc(Cl)c(F)n1. The molecule has 0 aliphatic carbocycles. The predicted octanol–water partition coefficient (Wildman–Crippen LogP) is 1.75. The van der Waals surface area contributed by atoms with E-state index in [4.69, 9.17) is 17.3 Å².